The molecule has 1 amide bonds. The molecule has 3 aromatic rings. The van der Waals surface area contributed by atoms with Crippen LogP contribution >= 0.6 is 45.8 Å². The molecule has 0 unspecified atom stereocenters. The molecule has 1 aromatic heterocycles. The second kappa shape index (κ2) is 10.1. The van der Waals surface area contributed by atoms with E-state index in [1.165, 1.54) is 6.42 Å². The highest BCUT2D eigenvalue weighted by molar-refractivity contribution is 14.1. The molecule has 1 heterocycles. The molecule has 1 saturated carbocycles. The quantitative estimate of drug-likeness (QED) is 0.356. The lowest BCUT2D eigenvalue weighted by atomic mass is 9.94. The smallest absolute Gasteiger partial charge is 0.274 e. The van der Waals surface area contributed by atoms with Crippen LogP contribution in [-0.2, 0) is 6.61 Å². The summed E-state index contributed by atoms with van der Waals surface area (Å²) in [6, 6.07) is 13.2. The molecule has 2 aromatic carbocycles. The summed E-state index contributed by atoms with van der Waals surface area (Å²) in [5, 5.41) is 16.0. The van der Waals surface area contributed by atoms with Crippen LogP contribution in [0.25, 0.3) is 16.9 Å². The molecular weight excluding hydrogens is 560 g/mol. The van der Waals surface area contributed by atoms with Crippen molar-refractivity contribution in [3.05, 3.63) is 67.3 Å². The highest BCUT2D eigenvalue weighted by atomic mass is 127. The molecule has 1 aliphatic carbocycles. The second-order valence-electron chi connectivity index (χ2n) is 8.06. The van der Waals surface area contributed by atoms with Gasteiger partial charge in [-0.1, -0.05) is 54.6 Å². The van der Waals surface area contributed by atoms with Crippen molar-refractivity contribution in [3.8, 4) is 16.9 Å². The molecule has 0 aliphatic heterocycles. The van der Waals surface area contributed by atoms with E-state index in [-0.39, 0.29) is 24.2 Å². The molecule has 1 fully saturated rings. The molecule has 0 spiro atoms. The Hall–Kier alpha value is -1.61. The van der Waals surface area contributed by atoms with Gasteiger partial charge in [0.05, 0.1) is 23.0 Å². The van der Waals surface area contributed by atoms with E-state index in [1.54, 1.807) is 27.8 Å². The number of aliphatic hydroxyl groups excluding tert-OH is 1. The summed E-state index contributed by atoms with van der Waals surface area (Å²) < 4.78 is 2.73. The van der Waals surface area contributed by atoms with Crippen molar-refractivity contribution in [1.82, 2.24) is 14.7 Å². The van der Waals surface area contributed by atoms with Crippen LogP contribution in [0.5, 0.6) is 0 Å². The first-order valence-electron chi connectivity index (χ1n) is 10.6. The monoisotopic (exact) mass is 583 g/mol. The van der Waals surface area contributed by atoms with Crippen molar-refractivity contribution in [1.29, 1.82) is 0 Å². The van der Waals surface area contributed by atoms with E-state index in [2.05, 4.69) is 22.6 Å². The Morgan fingerprint density at radius 2 is 1.84 bits per heavy atom. The Labute approximate surface area is 211 Å². The number of halogens is 3. The zero-order valence-electron chi connectivity index (χ0n) is 17.7. The van der Waals surface area contributed by atoms with Gasteiger partial charge in [0.15, 0.2) is 5.69 Å². The highest BCUT2D eigenvalue weighted by Crippen LogP contribution is 2.34. The van der Waals surface area contributed by atoms with Crippen molar-refractivity contribution >= 4 is 51.7 Å². The molecule has 1 aliphatic rings. The van der Waals surface area contributed by atoms with Crippen molar-refractivity contribution in [2.45, 2.75) is 44.8 Å². The van der Waals surface area contributed by atoms with Crippen molar-refractivity contribution in [3.63, 3.8) is 0 Å². The van der Waals surface area contributed by atoms with Crippen LogP contribution < -0.4 is 0 Å². The number of benzene rings is 2. The van der Waals surface area contributed by atoms with Gasteiger partial charge >= 0.3 is 0 Å². The van der Waals surface area contributed by atoms with Crippen LogP contribution in [-0.4, -0.2) is 38.8 Å². The average molecular weight is 584 g/mol. The number of aromatic nitrogens is 2. The van der Waals surface area contributed by atoms with Crippen LogP contribution in [0.3, 0.4) is 0 Å². The number of aliphatic hydroxyl groups is 1. The SMILES string of the molecule is CN(C(=O)c1nn(-c2ccc(Cl)cc2Cl)c(-c2ccc(I)cc2)c1CO)C1CCCCC1. The van der Waals surface area contributed by atoms with Crippen molar-refractivity contribution in [2.75, 3.05) is 7.05 Å². The lowest BCUT2D eigenvalue weighted by molar-refractivity contribution is 0.0686. The molecule has 8 heteroatoms. The van der Waals surface area contributed by atoms with Gasteiger partial charge in [0.25, 0.3) is 5.91 Å². The maximum Gasteiger partial charge on any atom is 0.274 e. The van der Waals surface area contributed by atoms with Gasteiger partial charge in [-0.15, -0.1) is 0 Å². The van der Waals surface area contributed by atoms with Crippen molar-refractivity contribution in [2.24, 2.45) is 0 Å². The van der Waals surface area contributed by atoms with E-state index in [9.17, 15) is 9.90 Å². The normalized spacial score (nSPS) is 14.5. The Kier molecular flexibility index (Phi) is 7.44. The average Bonchev–Trinajstić information content (AvgIpc) is 3.18. The minimum absolute atomic E-state index is 0.184. The van der Waals surface area contributed by atoms with E-state index < -0.39 is 0 Å². The van der Waals surface area contributed by atoms with E-state index >= 15 is 0 Å². The van der Waals surface area contributed by atoms with Crippen LogP contribution in [0, 0.1) is 3.57 Å². The molecular formula is C24H24Cl2IN3O2. The molecule has 5 nitrogen and oxygen atoms in total. The molecule has 0 atom stereocenters. The van der Waals surface area contributed by atoms with Crippen LogP contribution in [0.15, 0.2) is 42.5 Å². The maximum atomic E-state index is 13.5. The number of hydrogen-bond acceptors (Lipinski definition) is 3. The summed E-state index contributed by atoms with van der Waals surface area (Å²) in [7, 11) is 1.83. The molecule has 32 heavy (non-hydrogen) atoms. The lowest BCUT2D eigenvalue weighted by Gasteiger charge is -2.30. The Bertz CT molecular complexity index is 1130. The number of rotatable bonds is 5. The van der Waals surface area contributed by atoms with Crippen LogP contribution in [0.4, 0.5) is 0 Å². The van der Waals surface area contributed by atoms with E-state index in [1.807, 2.05) is 31.3 Å². The third kappa shape index (κ3) is 4.69. The molecule has 0 radical (unpaired) electrons. The number of hydrogen-bond donors (Lipinski definition) is 1. The van der Waals surface area contributed by atoms with E-state index in [4.69, 9.17) is 28.3 Å². The van der Waals surface area contributed by atoms with Gasteiger partial charge in [-0.05, 0) is 65.8 Å². The summed E-state index contributed by atoms with van der Waals surface area (Å²) in [5.74, 6) is -0.184. The van der Waals surface area contributed by atoms with E-state index in [0.717, 1.165) is 34.8 Å². The zero-order valence-corrected chi connectivity index (χ0v) is 21.4. The Balaban J connectivity index is 1.87. The third-order valence-corrected chi connectivity index (χ3v) is 7.30. The predicted molar refractivity (Wildman–Crippen MR) is 137 cm³/mol. The molecule has 0 saturated heterocycles. The van der Waals surface area contributed by atoms with Crippen LogP contribution in [0.1, 0.15) is 48.2 Å². The van der Waals surface area contributed by atoms with Gasteiger partial charge in [-0.3, -0.25) is 4.79 Å². The number of carbonyl (C=O) groups excluding carboxylic acids is 1. The lowest BCUT2D eigenvalue weighted by Crippen LogP contribution is -2.38. The molecule has 0 bridgehead atoms. The topological polar surface area (TPSA) is 58.4 Å². The minimum Gasteiger partial charge on any atom is -0.392 e. The van der Waals surface area contributed by atoms with Gasteiger partial charge in [-0.2, -0.15) is 5.10 Å². The van der Waals surface area contributed by atoms with Crippen LogP contribution in [0.2, 0.25) is 10.0 Å². The summed E-state index contributed by atoms with van der Waals surface area (Å²) in [5.41, 5.74) is 2.82. The van der Waals surface area contributed by atoms with Gasteiger partial charge in [0.1, 0.15) is 0 Å². The standard InChI is InChI=1S/C24H24Cl2IN3O2/c1-29(18-5-3-2-4-6-18)24(32)22-19(14-31)23(15-7-10-17(27)11-8-15)30(28-22)21-12-9-16(25)13-20(21)26/h7-13,18,31H,2-6,14H2,1H3. The minimum atomic E-state index is -0.313. The Morgan fingerprint density at radius 1 is 1.16 bits per heavy atom. The number of carbonyl (C=O) groups is 1. The Morgan fingerprint density at radius 3 is 2.47 bits per heavy atom. The molecule has 4 rings (SSSR count). The first-order valence-corrected chi connectivity index (χ1v) is 12.5. The largest absolute Gasteiger partial charge is 0.392 e. The molecule has 1 N–H and O–H groups in total. The van der Waals surface area contributed by atoms with E-state index in [0.29, 0.717) is 27.0 Å². The van der Waals surface area contributed by atoms with Gasteiger partial charge in [0.2, 0.25) is 0 Å². The van der Waals surface area contributed by atoms with Gasteiger partial charge in [-0.25, -0.2) is 4.68 Å². The predicted octanol–water partition coefficient (Wildman–Crippen LogP) is 6.35. The zero-order chi connectivity index (χ0) is 22.8. The molecule has 168 valence electrons. The summed E-state index contributed by atoms with van der Waals surface area (Å²) in [6.45, 7) is -0.313. The second-order valence-corrected chi connectivity index (χ2v) is 10.1. The van der Waals surface area contributed by atoms with Gasteiger partial charge < -0.3 is 10.0 Å². The number of amides is 1. The van der Waals surface area contributed by atoms with Crippen molar-refractivity contribution < 1.29 is 9.90 Å². The summed E-state index contributed by atoms with van der Waals surface area (Å²) in [6.07, 6.45) is 5.44. The first-order chi connectivity index (χ1) is 15.4. The highest BCUT2D eigenvalue weighted by Gasteiger charge is 2.30. The fourth-order valence-electron chi connectivity index (χ4n) is 4.30. The maximum absolute atomic E-state index is 13.5. The van der Waals surface area contributed by atoms with Gasteiger partial charge in [0, 0.05) is 32.8 Å². The summed E-state index contributed by atoms with van der Waals surface area (Å²) in [4.78, 5) is 15.3. The summed E-state index contributed by atoms with van der Waals surface area (Å²) >= 11 is 14.9. The fraction of sp³-hybridized carbons (Fsp3) is 0.333. The number of nitrogens with zero attached hydrogens (tertiary/aromatic N) is 3. The third-order valence-electron chi connectivity index (χ3n) is 6.04. The fourth-order valence-corrected chi connectivity index (χ4v) is 5.15. The first kappa shape index (κ1) is 23.5.